The van der Waals surface area contributed by atoms with E-state index in [9.17, 15) is 14.4 Å². The summed E-state index contributed by atoms with van der Waals surface area (Å²) in [6, 6.07) is 13.9. The molecular weight excluding hydrogens is 450 g/mol. The molecule has 0 aromatic heterocycles. The molecule has 8 heteroatoms. The van der Waals surface area contributed by atoms with Crippen LogP contribution in [0.2, 0.25) is 0 Å². The molecule has 0 N–H and O–H groups in total. The maximum absolute atomic E-state index is 13.0. The molecule has 0 bridgehead atoms. The van der Waals surface area contributed by atoms with Gasteiger partial charge in [-0.1, -0.05) is 24.3 Å². The molecule has 2 aromatic carbocycles. The molecule has 7 nitrogen and oxygen atoms in total. The molecule has 3 heterocycles. The fraction of sp³-hybridized carbons (Fsp3) is 0.346. The predicted octanol–water partition coefficient (Wildman–Crippen LogP) is 3.92. The van der Waals surface area contributed by atoms with Gasteiger partial charge in [0.15, 0.2) is 0 Å². The zero-order valence-electron chi connectivity index (χ0n) is 19.2. The zero-order chi connectivity index (χ0) is 23.7. The van der Waals surface area contributed by atoms with Crippen molar-refractivity contribution in [1.82, 2.24) is 9.80 Å². The number of carbonyl (C=O) groups is 3. The maximum Gasteiger partial charge on any atom is 0.294 e. The van der Waals surface area contributed by atoms with Crippen LogP contribution < -0.4 is 9.64 Å². The number of carbonyl (C=O) groups excluding carboxylic acids is 3. The minimum atomic E-state index is -0.438. The number of anilines is 1. The van der Waals surface area contributed by atoms with Crippen LogP contribution in [-0.2, 0) is 22.6 Å². The van der Waals surface area contributed by atoms with Crippen molar-refractivity contribution < 1.29 is 19.1 Å². The van der Waals surface area contributed by atoms with Gasteiger partial charge < -0.3 is 14.5 Å². The van der Waals surface area contributed by atoms with Gasteiger partial charge >= 0.3 is 0 Å². The number of thioether (sulfide) groups is 1. The van der Waals surface area contributed by atoms with E-state index in [1.807, 2.05) is 36.4 Å². The summed E-state index contributed by atoms with van der Waals surface area (Å²) in [5, 5.41) is -0.422. The monoisotopic (exact) mass is 477 g/mol. The Labute approximate surface area is 203 Å². The number of rotatable bonds is 5. The number of benzene rings is 2. The number of ether oxygens (including phenoxy) is 1. The molecule has 0 aliphatic carbocycles. The minimum absolute atomic E-state index is 0.217. The first-order chi connectivity index (χ1) is 16.5. The molecule has 0 radical (unpaired) electrons. The highest BCUT2D eigenvalue weighted by Crippen LogP contribution is 2.35. The van der Waals surface area contributed by atoms with Crippen LogP contribution in [0.1, 0.15) is 29.5 Å². The Morgan fingerprint density at radius 1 is 1.06 bits per heavy atom. The van der Waals surface area contributed by atoms with E-state index < -0.39 is 11.1 Å². The molecule has 3 aliphatic heterocycles. The Morgan fingerprint density at radius 3 is 2.59 bits per heavy atom. The van der Waals surface area contributed by atoms with E-state index in [2.05, 4.69) is 11.0 Å². The SMILES string of the molecule is COc1cc(N2CCCC2)ccc1C=C1SC(=O)N(CC(=O)N2CCc3ccccc3C2)C1=O. The van der Waals surface area contributed by atoms with E-state index in [0.29, 0.717) is 23.7 Å². The molecule has 176 valence electrons. The van der Waals surface area contributed by atoms with Crippen molar-refractivity contribution in [3.63, 3.8) is 0 Å². The molecule has 5 rings (SSSR count). The molecule has 0 saturated carbocycles. The average molecular weight is 478 g/mol. The van der Waals surface area contributed by atoms with Crippen LogP contribution in [0.4, 0.5) is 10.5 Å². The summed E-state index contributed by atoms with van der Waals surface area (Å²) in [4.78, 5) is 43.9. The molecule has 0 unspecified atom stereocenters. The van der Waals surface area contributed by atoms with Gasteiger partial charge in [0.05, 0.1) is 12.0 Å². The van der Waals surface area contributed by atoms with Crippen molar-refractivity contribution in [2.75, 3.05) is 38.2 Å². The van der Waals surface area contributed by atoms with E-state index in [1.165, 1.54) is 18.4 Å². The molecule has 34 heavy (non-hydrogen) atoms. The van der Waals surface area contributed by atoms with Crippen LogP contribution in [0.15, 0.2) is 47.4 Å². The molecule has 2 aromatic rings. The summed E-state index contributed by atoms with van der Waals surface area (Å²) < 4.78 is 5.57. The normalized spacial score (nSPS) is 19.2. The molecule has 0 spiro atoms. The van der Waals surface area contributed by atoms with Crippen molar-refractivity contribution in [2.24, 2.45) is 0 Å². The Hall–Kier alpha value is -3.26. The van der Waals surface area contributed by atoms with Gasteiger partial charge in [-0.2, -0.15) is 0 Å². The van der Waals surface area contributed by atoms with Crippen molar-refractivity contribution in [2.45, 2.75) is 25.8 Å². The average Bonchev–Trinajstić information content (AvgIpc) is 3.49. The van der Waals surface area contributed by atoms with Gasteiger partial charge in [0.25, 0.3) is 11.1 Å². The number of nitrogens with zero attached hydrogens (tertiary/aromatic N) is 3. The molecule has 2 fully saturated rings. The van der Waals surface area contributed by atoms with Gasteiger partial charge in [-0.15, -0.1) is 0 Å². The summed E-state index contributed by atoms with van der Waals surface area (Å²) in [7, 11) is 1.60. The largest absolute Gasteiger partial charge is 0.496 e. The highest BCUT2D eigenvalue weighted by atomic mass is 32.2. The molecule has 0 atom stereocenters. The van der Waals surface area contributed by atoms with E-state index >= 15 is 0 Å². The van der Waals surface area contributed by atoms with Crippen LogP contribution in [0.25, 0.3) is 6.08 Å². The van der Waals surface area contributed by atoms with E-state index in [-0.39, 0.29) is 12.5 Å². The van der Waals surface area contributed by atoms with Crippen LogP contribution in [0, 0.1) is 0 Å². The topological polar surface area (TPSA) is 70.2 Å². The van der Waals surface area contributed by atoms with Crippen LogP contribution in [0.3, 0.4) is 0 Å². The molecular formula is C26H27N3O4S. The Bertz CT molecular complexity index is 1170. The van der Waals surface area contributed by atoms with Gasteiger partial charge in [0.2, 0.25) is 5.91 Å². The summed E-state index contributed by atoms with van der Waals surface area (Å²) >= 11 is 0.864. The first-order valence-electron chi connectivity index (χ1n) is 11.6. The molecule has 3 amide bonds. The van der Waals surface area contributed by atoms with Crippen LogP contribution in [0.5, 0.6) is 5.75 Å². The minimum Gasteiger partial charge on any atom is -0.496 e. The fourth-order valence-electron chi connectivity index (χ4n) is 4.71. The number of amides is 3. The highest BCUT2D eigenvalue weighted by Gasteiger charge is 2.37. The van der Waals surface area contributed by atoms with E-state index in [1.54, 1.807) is 18.1 Å². The van der Waals surface area contributed by atoms with Crippen molar-refractivity contribution in [3.8, 4) is 5.75 Å². The lowest BCUT2D eigenvalue weighted by molar-refractivity contribution is -0.136. The number of hydrogen-bond acceptors (Lipinski definition) is 6. The third-order valence-electron chi connectivity index (χ3n) is 6.63. The van der Waals surface area contributed by atoms with E-state index in [4.69, 9.17) is 4.74 Å². The summed E-state index contributed by atoms with van der Waals surface area (Å²) in [5.74, 6) is -0.00344. The fourth-order valence-corrected chi connectivity index (χ4v) is 5.54. The quantitative estimate of drug-likeness (QED) is 0.608. The Balaban J connectivity index is 1.29. The Morgan fingerprint density at radius 2 is 1.82 bits per heavy atom. The van der Waals surface area contributed by atoms with Gasteiger partial charge in [0.1, 0.15) is 12.3 Å². The first-order valence-corrected chi connectivity index (χ1v) is 12.4. The standard InChI is InChI=1S/C26H27N3O4S/c1-33-22-15-21(27-11-4-5-12-27)9-8-19(22)14-23-25(31)29(26(32)34-23)17-24(30)28-13-10-18-6-2-3-7-20(18)16-28/h2-3,6-9,14-15H,4-5,10-13,16-17H2,1H3. The van der Waals surface area contributed by atoms with Crippen LogP contribution >= 0.6 is 11.8 Å². The molecule has 2 saturated heterocycles. The first kappa shape index (κ1) is 22.5. The third kappa shape index (κ3) is 4.42. The number of hydrogen-bond donors (Lipinski definition) is 0. The lowest BCUT2D eigenvalue weighted by atomic mass is 10.00. The predicted molar refractivity (Wildman–Crippen MR) is 133 cm³/mol. The highest BCUT2D eigenvalue weighted by molar-refractivity contribution is 8.18. The van der Waals surface area contributed by atoms with Crippen LogP contribution in [-0.4, -0.2) is 60.1 Å². The zero-order valence-corrected chi connectivity index (χ0v) is 20.0. The summed E-state index contributed by atoms with van der Waals surface area (Å²) in [6.45, 7) is 2.90. The van der Waals surface area contributed by atoms with Gasteiger partial charge in [0, 0.05) is 43.5 Å². The van der Waals surface area contributed by atoms with Gasteiger partial charge in [-0.25, -0.2) is 0 Å². The van der Waals surface area contributed by atoms with Gasteiger partial charge in [-0.05, 0) is 60.4 Å². The lowest BCUT2D eigenvalue weighted by Gasteiger charge is -2.29. The van der Waals surface area contributed by atoms with Crippen molar-refractivity contribution in [1.29, 1.82) is 0 Å². The second-order valence-corrected chi connectivity index (χ2v) is 9.72. The number of imide groups is 1. The summed E-state index contributed by atoms with van der Waals surface area (Å²) in [5.41, 5.74) is 4.18. The maximum atomic E-state index is 13.0. The van der Waals surface area contributed by atoms with E-state index in [0.717, 1.165) is 53.0 Å². The van der Waals surface area contributed by atoms with Crippen molar-refractivity contribution in [3.05, 3.63) is 64.1 Å². The second kappa shape index (κ2) is 9.54. The number of methoxy groups -OCH3 is 1. The number of fused-ring (bicyclic) bond motifs is 1. The van der Waals surface area contributed by atoms with Gasteiger partial charge in [-0.3, -0.25) is 19.3 Å². The summed E-state index contributed by atoms with van der Waals surface area (Å²) in [6.07, 6.45) is 4.82. The lowest BCUT2D eigenvalue weighted by Crippen LogP contribution is -2.44. The third-order valence-corrected chi connectivity index (χ3v) is 7.53. The molecule has 3 aliphatic rings. The van der Waals surface area contributed by atoms with Crippen molar-refractivity contribution >= 4 is 40.6 Å². The smallest absolute Gasteiger partial charge is 0.294 e. The Kier molecular flexibility index (Phi) is 6.32. The second-order valence-electron chi connectivity index (χ2n) is 8.72.